The minimum Gasteiger partial charge on any atom is -0.481 e. The average Bonchev–Trinajstić information content (AvgIpc) is 3.04. The number of hydrogen-bond donors (Lipinski definition) is 2. The molecule has 1 saturated carbocycles. The molecule has 0 amide bonds. The largest absolute Gasteiger partial charge is 0.481 e. The quantitative estimate of drug-likeness (QED) is 0.810. The Bertz CT molecular complexity index is 412. The third kappa shape index (κ3) is 1.61. The van der Waals surface area contributed by atoms with Crippen LogP contribution in [0.1, 0.15) is 24.0 Å². The average molecular weight is 219 g/mol. The third-order valence-corrected chi connectivity index (χ3v) is 3.51. The van der Waals surface area contributed by atoms with Crippen LogP contribution in [0.15, 0.2) is 24.3 Å². The number of carboxylic acids is 1. The minimum atomic E-state index is -0.869. The summed E-state index contributed by atoms with van der Waals surface area (Å²) in [5.74, 6) is -0.583. The van der Waals surface area contributed by atoms with Gasteiger partial charge in [-0.05, 0) is 31.2 Å². The summed E-state index contributed by atoms with van der Waals surface area (Å²) in [5, 5.41) is 9.50. The predicted octanol–water partition coefficient (Wildman–Crippen LogP) is 1.69. The van der Waals surface area contributed by atoms with Crippen molar-refractivity contribution in [3.63, 3.8) is 0 Å². The Morgan fingerprint density at radius 3 is 2.69 bits per heavy atom. The highest BCUT2D eigenvalue weighted by Gasteiger charge is 2.51. The van der Waals surface area contributed by atoms with Crippen LogP contribution in [0.25, 0.3) is 0 Å². The van der Waals surface area contributed by atoms with E-state index in [1.54, 1.807) is 0 Å². The molecule has 1 aliphatic carbocycles. The Morgan fingerprint density at radius 2 is 2.25 bits per heavy atom. The van der Waals surface area contributed by atoms with E-state index >= 15 is 0 Å². The van der Waals surface area contributed by atoms with Gasteiger partial charge in [0.05, 0.1) is 0 Å². The van der Waals surface area contributed by atoms with E-state index in [0.29, 0.717) is 0 Å². The van der Waals surface area contributed by atoms with Crippen LogP contribution in [-0.2, 0) is 10.2 Å². The van der Waals surface area contributed by atoms with Gasteiger partial charge in [-0.1, -0.05) is 29.8 Å². The van der Waals surface area contributed by atoms with Crippen LogP contribution < -0.4 is 5.73 Å². The van der Waals surface area contributed by atoms with Crippen molar-refractivity contribution < 1.29 is 9.90 Å². The van der Waals surface area contributed by atoms with Crippen molar-refractivity contribution in [3.8, 4) is 0 Å². The molecule has 0 radical (unpaired) electrons. The summed E-state index contributed by atoms with van der Waals surface area (Å²) in [5.41, 5.74) is 6.81. The van der Waals surface area contributed by atoms with Gasteiger partial charge in [0.25, 0.3) is 0 Å². The molecule has 16 heavy (non-hydrogen) atoms. The molecule has 86 valence electrons. The first-order valence-electron chi connectivity index (χ1n) is 5.62. The lowest BCUT2D eigenvalue weighted by molar-refractivity contribution is -0.144. The smallest absolute Gasteiger partial charge is 0.315 e. The van der Waals surface area contributed by atoms with Gasteiger partial charge in [-0.25, -0.2) is 0 Å². The Hall–Kier alpha value is -1.35. The van der Waals surface area contributed by atoms with Crippen LogP contribution in [-0.4, -0.2) is 17.6 Å². The van der Waals surface area contributed by atoms with Gasteiger partial charge in [0, 0.05) is 6.54 Å². The summed E-state index contributed by atoms with van der Waals surface area (Å²) >= 11 is 0. The van der Waals surface area contributed by atoms with E-state index in [-0.39, 0.29) is 12.5 Å². The fraction of sp³-hybridized carbons (Fsp3) is 0.462. The monoisotopic (exact) mass is 219 g/mol. The van der Waals surface area contributed by atoms with E-state index in [4.69, 9.17) is 5.73 Å². The van der Waals surface area contributed by atoms with Gasteiger partial charge in [0.15, 0.2) is 0 Å². The molecule has 0 heterocycles. The predicted molar refractivity (Wildman–Crippen MR) is 62.3 cm³/mol. The Labute approximate surface area is 95.3 Å². The molecule has 1 aliphatic rings. The number of hydrogen-bond acceptors (Lipinski definition) is 2. The fourth-order valence-electron chi connectivity index (χ4n) is 2.40. The second-order valence-corrected chi connectivity index (χ2v) is 4.62. The zero-order valence-corrected chi connectivity index (χ0v) is 9.44. The Morgan fingerprint density at radius 1 is 1.56 bits per heavy atom. The van der Waals surface area contributed by atoms with Crippen molar-refractivity contribution in [2.75, 3.05) is 6.54 Å². The highest BCUT2D eigenvalue weighted by molar-refractivity contribution is 5.83. The van der Waals surface area contributed by atoms with Crippen LogP contribution in [0.3, 0.4) is 0 Å². The molecule has 3 N–H and O–H groups in total. The van der Waals surface area contributed by atoms with Crippen molar-refractivity contribution >= 4 is 5.97 Å². The Balaban J connectivity index is 2.49. The summed E-state index contributed by atoms with van der Waals surface area (Å²) < 4.78 is 0. The first-order valence-corrected chi connectivity index (χ1v) is 5.62. The molecule has 1 unspecified atom stereocenters. The first-order chi connectivity index (χ1) is 7.61. The molecular formula is C13H17NO2. The second kappa shape index (κ2) is 3.91. The molecular weight excluding hydrogens is 202 g/mol. The summed E-state index contributed by atoms with van der Waals surface area (Å²) in [6, 6.07) is 7.70. The number of aryl methyl sites for hydroxylation is 1. The van der Waals surface area contributed by atoms with Crippen LogP contribution in [0.4, 0.5) is 0 Å². The molecule has 1 fully saturated rings. The number of carbonyl (C=O) groups is 1. The topological polar surface area (TPSA) is 63.3 Å². The van der Waals surface area contributed by atoms with Crippen LogP contribution in [0, 0.1) is 12.8 Å². The van der Waals surface area contributed by atoms with Crippen molar-refractivity contribution in [3.05, 3.63) is 35.4 Å². The number of carboxylic acid groups (broad SMARTS) is 1. The molecule has 0 spiro atoms. The standard InChI is InChI=1S/C13H17NO2/c1-9-3-2-4-11(7-9)13(8-14,12(15)16)10-5-6-10/h2-4,7,10H,5-6,8,14H2,1H3,(H,15,16). The maximum absolute atomic E-state index is 11.6. The number of rotatable bonds is 4. The highest BCUT2D eigenvalue weighted by Crippen LogP contribution is 2.47. The molecule has 0 aromatic heterocycles. The van der Waals surface area contributed by atoms with Gasteiger partial charge in [0.1, 0.15) is 5.41 Å². The number of benzene rings is 1. The van der Waals surface area contributed by atoms with Gasteiger partial charge in [-0.2, -0.15) is 0 Å². The van der Waals surface area contributed by atoms with Gasteiger partial charge < -0.3 is 10.8 Å². The normalized spacial score (nSPS) is 19.1. The van der Waals surface area contributed by atoms with E-state index in [0.717, 1.165) is 24.0 Å². The van der Waals surface area contributed by atoms with E-state index in [1.165, 1.54) is 0 Å². The lowest BCUT2D eigenvalue weighted by Crippen LogP contribution is -2.45. The molecule has 0 bridgehead atoms. The summed E-state index contributed by atoms with van der Waals surface area (Å²) in [4.78, 5) is 11.6. The lowest BCUT2D eigenvalue weighted by atomic mass is 9.75. The van der Waals surface area contributed by atoms with E-state index in [9.17, 15) is 9.90 Å². The SMILES string of the molecule is Cc1cccc(C(CN)(C(=O)O)C2CC2)c1. The van der Waals surface area contributed by atoms with Crippen LogP contribution in [0.2, 0.25) is 0 Å². The zero-order chi connectivity index (χ0) is 11.8. The summed E-state index contributed by atoms with van der Waals surface area (Å²) in [7, 11) is 0. The van der Waals surface area contributed by atoms with Crippen molar-refractivity contribution in [1.82, 2.24) is 0 Å². The van der Waals surface area contributed by atoms with Gasteiger partial charge in [0.2, 0.25) is 0 Å². The molecule has 1 atom stereocenters. The van der Waals surface area contributed by atoms with Crippen LogP contribution >= 0.6 is 0 Å². The van der Waals surface area contributed by atoms with E-state index in [1.807, 2.05) is 31.2 Å². The highest BCUT2D eigenvalue weighted by atomic mass is 16.4. The molecule has 1 aromatic rings. The molecule has 3 heteroatoms. The fourth-order valence-corrected chi connectivity index (χ4v) is 2.40. The van der Waals surface area contributed by atoms with Gasteiger partial charge in [-0.3, -0.25) is 4.79 Å². The maximum Gasteiger partial charge on any atom is 0.315 e. The Kier molecular flexibility index (Phi) is 2.72. The molecule has 3 nitrogen and oxygen atoms in total. The molecule has 2 rings (SSSR count). The lowest BCUT2D eigenvalue weighted by Gasteiger charge is -2.28. The van der Waals surface area contributed by atoms with Crippen molar-refractivity contribution in [2.45, 2.75) is 25.2 Å². The minimum absolute atomic E-state index is 0.177. The van der Waals surface area contributed by atoms with E-state index in [2.05, 4.69) is 0 Å². The van der Waals surface area contributed by atoms with Crippen LogP contribution in [0.5, 0.6) is 0 Å². The van der Waals surface area contributed by atoms with E-state index < -0.39 is 11.4 Å². The van der Waals surface area contributed by atoms with Crippen molar-refractivity contribution in [1.29, 1.82) is 0 Å². The maximum atomic E-state index is 11.6. The molecule has 0 aliphatic heterocycles. The third-order valence-electron chi connectivity index (χ3n) is 3.51. The van der Waals surface area contributed by atoms with Crippen molar-refractivity contribution in [2.24, 2.45) is 11.7 Å². The molecule has 1 aromatic carbocycles. The molecule has 0 saturated heterocycles. The summed E-state index contributed by atoms with van der Waals surface area (Å²) in [6.07, 6.45) is 1.94. The summed E-state index contributed by atoms with van der Waals surface area (Å²) in [6.45, 7) is 2.15. The second-order valence-electron chi connectivity index (χ2n) is 4.62. The van der Waals surface area contributed by atoms with Gasteiger partial charge >= 0.3 is 5.97 Å². The van der Waals surface area contributed by atoms with Gasteiger partial charge in [-0.15, -0.1) is 0 Å². The first kappa shape index (κ1) is 11.1. The number of nitrogens with two attached hydrogens (primary N) is 1. The zero-order valence-electron chi connectivity index (χ0n) is 9.44. The number of aliphatic carboxylic acids is 1.